The first-order valence-corrected chi connectivity index (χ1v) is 11.5. The highest BCUT2D eigenvalue weighted by molar-refractivity contribution is 6.02. The number of aromatic nitrogens is 1. The van der Waals surface area contributed by atoms with E-state index in [1.165, 1.54) is 30.5 Å². The zero-order chi connectivity index (χ0) is 24.0. The van der Waals surface area contributed by atoms with E-state index in [1.807, 2.05) is 18.2 Å². The van der Waals surface area contributed by atoms with Gasteiger partial charge in [-0.15, -0.1) is 0 Å². The number of amides is 1. The average molecular weight is 483 g/mol. The van der Waals surface area contributed by atoms with Crippen LogP contribution in [0.25, 0.3) is 0 Å². The van der Waals surface area contributed by atoms with Gasteiger partial charge in [-0.05, 0) is 42.0 Å². The molecule has 9 nitrogen and oxygen atoms in total. The maximum absolute atomic E-state index is 13.1. The molecular formula is C25H27FN4O5. The van der Waals surface area contributed by atoms with Crippen LogP contribution in [0.3, 0.4) is 0 Å². The van der Waals surface area contributed by atoms with E-state index in [0.717, 1.165) is 56.5 Å². The first-order chi connectivity index (χ1) is 17.1. The minimum atomic E-state index is -0.415. The van der Waals surface area contributed by atoms with E-state index < -0.39 is 5.91 Å². The molecule has 2 aliphatic rings. The van der Waals surface area contributed by atoms with Gasteiger partial charge in [-0.25, -0.2) is 9.37 Å². The lowest BCUT2D eigenvalue weighted by Gasteiger charge is -2.29. The molecule has 5 rings (SSSR count). The van der Waals surface area contributed by atoms with E-state index in [9.17, 15) is 9.18 Å². The predicted molar refractivity (Wildman–Crippen MR) is 125 cm³/mol. The smallest absolute Gasteiger partial charge is 0.277 e. The second-order valence-corrected chi connectivity index (χ2v) is 8.44. The molecule has 1 N–H and O–H groups in total. The molecule has 0 unspecified atom stereocenters. The molecule has 10 heteroatoms. The number of hydrogen-bond acceptors (Lipinski definition) is 8. The Bertz CT molecular complexity index is 1150. The van der Waals surface area contributed by atoms with E-state index in [2.05, 4.69) is 20.1 Å². The molecule has 1 fully saturated rings. The summed E-state index contributed by atoms with van der Waals surface area (Å²) < 4.78 is 35.1. The van der Waals surface area contributed by atoms with Crippen LogP contribution >= 0.6 is 0 Å². The topological polar surface area (TPSA) is 89.3 Å². The van der Waals surface area contributed by atoms with Crippen molar-refractivity contribution < 1.29 is 27.8 Å². The summed E-state index contributed by atoms with van der Waals surface area (Å²) >= 11 is 0. The van der Waals surface area contributed by atoms with Crippen LogP contribution in [0, 0.1) is 5.82 Å². The number of morpholine rings is 1. The molecule has 3 heterocycles. The second kappa shape index (κ2) is 10.9. The fourth-order valence-corrected chi connectivity index (χ4v) is 4.03. The zero-order valence-corrected chi connectivity index (χ0v) is 19.2. The summed E-state index contributed by atoms with van der Waals surface area (Å²) in [6.45, 7) is 6.29. The highest BCUT2D eigenvalue weighted by Crippen LogP contribution is 2.33. The summed E-state index contributed by atoms with van der Waals surface area (Å²) in [5.41, 5.74) is 1.73. The molecule has 0 radical (unpaired) electrons. The highest BCUT2D eigenvalue weighted by Gasteiger charge is 2.19. The van der Waals surface area contributed by atoms with Gasteiger partial charge in [-0.1, -0.05) is 6.07 Å². The number of nitrogens with one attached hydrogen (secondary N) is 1. The van der Waals surface area contributed by atoms with Crippen molar-refractivity contribution in [1.29, 1.82) is 0 Å². The van der Waals surface area contributed by atoms with Gasteiger partial charge in [0.2, 0.25) is 12.7 Å². The Morgan fingerprint density at radius 3 is 2.69 bits per heavy atom. The molecule has 2 aliphatic heterocycles. The lowest BCUT2D eigenvalue weighted by Crippen LogP contribution is -2.41. The Kier molecular flexibility index (Phi) is 7.22. The van der Waals surface area contributed by atoms with Gasteiger partial charge >= 0.3 is 0 Å². The molecule has 184 valence electrons. The van der Waals surface area contributed by atoms with Gasteiger partial charge < -0.3 is 23.9 Å². The number of oxazole rings is 1. The van der Waals surface area contributed by atoms with Gasteiger partial charge in [0.15, 0.2) is 17.2 Å². The van der Waals surface area contributed by atoms with Crippen molar-refractivity contribution in [3.8, 4) is 11.5 Å². The Morgan fingerprint density at radius 2 is 1.86 bits per heavy atom. The number of carbonyl (C=O) groups is 1. The van der Waals surface area contributed by atoms with E-state index in [0.29, 0.717) is 24.7 Å². The standard InChI is InChI=1S/C25H27FN4O5/c26-19-2-4-20(5-3-19)27-25(31)21-16-33-24(28-21)15-30(8-7-29-9-11-32-12-10-29)14-18-1-6-22-23(13-18)35-17-34-22/h1-6,13,16H,7-12,14-15,17H2,(H,27,31). The van der Waals surface area contributed by atoms with E-state index in [4.69, 9.17) is 18.6 Å². The number of rotatable bonds is 9. The lowest BCUT2D eigenvalue weighted by atomic mass is 10.2. The number of ether oxygens (including phenoxy) is 3. The average Bonchev–Trinajstić information content (AvgIpc) is 3.54. The van der Waals surface area contributed by atoms with E-state index in [-0.39, 0.29) is 18.3 Å². The molecule has 3 aromatic rings. The van der Waals surface area contributed by atoms with Crippen molar-refractivity contribution in [1.82, 2.24) is 14.8 Å². The summed E-state index contributed by atoms with van der Waals surface area (Å²) in [4.78, 5) is 21.5. The van der Waals surface area contributed by atoms with Crippen molar-refractivity contribution in [2.45, 2.75) is 13.1 Å². The number of benzene rings is 2. The minimum Gasteiger partial charge on any atom is -0.454 e. The van der Waals surface area contributed by atoms with Gasteiger partial charge in [0.25, 0.3) is 5.91 Å². The van der Waals surface area contributed by atoms with Gasteiger partial charge in [0.05, 0.1) is 19.8 Å². The van der Waals surface area contributed by atoms with Crippen LogP contribution in [0.15, 0.2) is 53.1 Å². The molecule has 1 aromatic heterocycles. The first kappa shape index (κ1) is 23.3. The summed E-state index contributed by atoms with van der Waals surface area (Å²) in [6, 6.07) is 11.5. The lowest BCUT2D eigenvalue weighted by molar-refractivity contribution is 0.0320. The van der Waals surface area contributed by atoms with Crippen LogP contribution in [-0.2, 0) is 17.8 Å². The molecule has 0 atom stereocenters. The van der Waals surface area contributed by atoms with Crippen molar-refractivity contribution in [2.24, 2.45) is 0 Å². The molecule has 2 aromatic carbocycles. The monoisotopic (exact) mass is 482 g/mol. The number of nitrogens with zero attached hydrogens (tertiary/aromatic N) is 3. The molecule has 0 spiro atoms. The highest BCUT2D eigenvalue weighted by atomic mass is 19.1. The number of carbonyl (C=O) groups excluding carboxylic acids is 1. The third-order valence-corrected chi connectivity index (χ3v) is 5.92. The van der Waals surface area contributed by atoms with Crippen LogP contribution in [-0.4, -0.2) is 66.9 Å². The predicted octanol–water partition coefficient (Wildman–Crippen LogP) is 3.13. The van der Waals surface area contributed by atoms with Gasteiger partial charge in [0, 0.05) is 38.4 Å². The third kappa shape index (κ3) is 6.16. The van der Waals surface area contributed by atoms with Crippen molar-refractivity contribution >= 4 is 11.6 Å². The third-order valence-electron chi connectivity index (χ3n) is 5.92. The maximum Gasteiger partial charge on any atom is 0.277 e. The van der Waals surface area contributed by atoms with Gasteiger partial charge in [0.1, 0.15) is 12.1 Å². The Balaban J connectivity index is 1.25. The SMILES string of the molecule is O=C(Nc1ccc(F)cc1)c1coc(CN(CCN2CCOCC2)Cc2ccc3c(c2)OCO3)n1. The maximum atomic E-state index is 13.1. The van der Waals surface area contributed by atoms with Gasteiger partial charge in [-0.3, -0.25) is 14.6 Å². The quantitative estimate of drug-likeness (QED) is 0.498. The van der Waals surface area contributed by atoms with Gasteiger partial charge in [-0.2, -0.15) is 0 Å². The van der Waals surface area contributed by atoms with Crippen LogP contribution in [0.1, 0.15) is 21.9 Å². The summed E-state index contributed by atoms with van der Waals surface area (Å²) in [7, 11) is 0. The van der Waals surface area contributed by atoms with Crippen molar-refractivity contribution in [3.05, 3.63) is 71.7 Å². The molecule has 35 heavy (non-hydrogen) atoms. The molecular weight excluding hydrogens is 455 g/mol. The summed E-state index contributed by atoms with van der Waals surface area (Å²) in [5.74, 6) is 1.15. The minimum absolute atomic E-state index is 0.167. The fraction of sp³-hybridized carbons (Fsp3) is 0.360. The van der Waals surface area contributed by atoms with Crippen LogP contribution < -0.4 is 14.8 Å². The second-order valence-electron chi connectivity index (χ2n) is 8.44. The number of hydrogen-bond donors (Lipinski definition) is 1. The van der Waals surface area contributed by atoms with Crippen molar-refractivity contribution in [3.63, 3.8) is 0 Å². The largest absolute Gasteiger partial charge is 0.454 e. The zero-order valence-electron chi connectivity index (χ0n) is 19.2. The van der Waals surface area contributed by atoms with E-state index in [1.54, 1.807) is 0 Å². The van der Waals surface area contributed by atoms with Crippen molar-refractivity contribution in [2.75, 3.05) is 51.5 Å². The number of fused-ring (bicyclic) bond motifs is 1. The van der Waals surface area contributed by atoms with Crippen LogP contribution in [0.5, 0.6) is 11.5 Å². The molecule has 1 amide bonds. The Labute approximate surface area is 202 Å². The first-order valence-electron chi connectivity index (χ1n) is 11.5. The molecule has 0 saturated carbocycles. The summed E-state index contributed by atoms with van der Waals surface area (Å²) in [6.07, 6.45) is 1.34. The molecule has 1 saturated heterocycles. The molecule has 0 aliphatic carbocycles. The Hall–Kier alpha value is -3.47. The van der Waals surface area contributed by atoms with Crippen LogP contribution in [0.2, 0.25) is 0 Å². The molecule has 0 bridgehead atoms. The number of halogens is 1. The van der Waals surface area contributed by atoms with E-state index >= 15 is 0 Å². The van der Waals surface area contributed by atoms with Crippen LogP contribution in [0.4, 0.5) is 10.1 Å². The fourth-order valence-electron chi connectivity index (χ4n) is 4.03. The summed E-state index contributed by atoms with van der Waals surface area (Å²) in [5, 5.41) is 2.70. The number of anilines is 1. The normalized spacial score (nSPS) is 15.5. The Morgan fingerprint density at radius 1 is 1.06 bits per heavy atom.